The van der Waals surface area contributed by atoms with Crippen LogP contribution in [0.1, 0.15) is 26.5 Å². The first-order chi connectivity index (χ1) is 7.97. The van der Waals surface area contributed by atoms with Gasteiger partial charge in [0.15, 0.2) is 4.77 Å². The van der Waals surface area contributed by atoms with E-state index in [0.717, 1.165) is 17.0 Å². The Balaban J connectivity index is 2.39. The fraction of sp³-hybridized carbons (Fsp3) is 0.308. The van der Waals surface area contributed by atoms with E-state index in [-0.39, 0.29) is 5.41 Å². The van der Waals surface area contributed by atoms with Crippen molar-refractivity contribution in [1.29, 1.82) is 0 Å². The number of nitrogens with zero attached hydrogens (tertiary/aromatic N) is 2. The summed E-state index contributed by atoms with van der Waals surface area (Å²) in [6, 6.07) is 5.99. The second-order valence-corrected chi connectivity index (χ2v) is 5.36. The minimum Gasteiger partial charge on any atom is -0.330 e. The van der Waals surface area contributed by atoms with E-state index < -0.39 is 0 Å². The Morgan fingerprint density at radius 2 is 1.88 bits per heavy atom. The van der Waals surface area contributed by atoms with Crippen LogP contribution in [0.5, 0.6) is 0 Å². The highest BCUT2D eigenvalue weighted by atomic mass is 32.1. The van der Waals surface area contributed by atoms with Crippen LogP contribution >= 0.6 is 12.2 Å². The van der Waals surface area contributed by atoms with E-state index in [1.165, 1.54) is 0 Å². The molecule has 17 heavy (non-hydrogen) atoms. The van der Waals surface area contributed by atoms with Gasteiger partial charge in [-0.3, -0.25) is 4.98 Å². The third-order valence-electron chi connectivity index (χ3n) is 2.52. The summed E-state index contributed by atoms with van der Waals surface area (Å²) in [5.74, 6) is 0. The molecule has 4 heteroatoms. The lowest BCUT2D eigenvalue weighted by Crippen LogP contribution is -2.12. The van der Waals surface area contributed by atoms with Crippen molar-refractivity contribution in [2.75, 3.05) is 0 Å². The number of pyridine rings is 1. The first-order valence-electron chi connectivity index (χ1n) is 5.49. The fourth-order valence-electron chi connectivity index (χ4n) is 1.53. The smallest absolute Gasteiger partial charge is 0.197 e. The molecule has 0 spiro atoms. The lowest BCUT2D eigenvalue weighted by atomic mass is 9.91. The van der Waals surface area contributed by atoms with Gasteiger partial charge in [-0.1, -0.05) is 20.8 Å². The quantitative estimate of drug-likeness (QED) is 0.782. The molecule has 0 atom stereocenters. The molecule has 0 aliphatic carbocycles. The summed E-state index contributed by atoms with van der Waals surface area (Å²) in [7, 11) is 0. The van der Waals surface area contributed by atoms with Gasteiger partial charge >= 0.3 is 0 Å². The van der Waals surface area contributed by atoms with Gasteiger partial charge < -0.3 is 4.98 Å². The van der Waals surface area contributed by atoms with Crippen LogP contribution in [0.15, 0.2) is 30.6 Å². The largest absolute Gasteiger partial charge is 0.330 e. The normalized spacial score (nSPS) is 11.5. The van der Waals surface area contributed by atoms with Gasteiger partial charge in [-0.15, -0.1) is 0 Å². The van der Waals surface area contributed by atoms with Crippen molar-refractivity contribution in [3.63, 3.8) is 0 Å². The molecule has 2 heterocycles. The number of hydrogen-bond acceptors (Lipinski definition) is 3. The van der Waals surface area contributed by atoms with Crippen LogP contribution in [0.2, 0.25) is 0 Å². The van der Waals surface area contributed by atoms with Crippen molar-refractivity contribution < 1.29 is 0 Å². The van der Waals surface area contributed by atoms with Crippen molar-refractivity contribution >= 4 is 12.2 Å². The van der Waals surface area contributed by atoms with Crippen LogP contribution in [0.4, 0.5) is 0 Å². The minimum atomic E-state index is 0.0731. The molecule has 3 nitrogen and oxygen atoms in total. The summed E-state index contributed by atoms with van der Waals surface area (Å²) in [5.41, 5.74) is 3.11. The van der Waals surface area contributed by atoms with Crippen molar-refractivity contribution in [1.82, 2.24) is 15.0 Å². The molecule has 2 aromatic rings. The molecule has 1 N–H and O–H groups in total. The number of aromatic amines is 1. The molecule has 2 aromatic heterocycles. The fourth-order valence-corrected chi connectivity index (χ4v) is 1.70. The summed E-state index contributed by atoms with van der Waals surface area (Å²) in [5, 5.41) is 0. The predicted molar refractivity (Wildman–Crippen MR) is 71.4 cm³/mol. The molecule has 0 unspecified atom stereocenters. The van der Waals surface area contributed by atoms with E-state index in [1.54, 1.807) is 6.20 Å². The summed E-state index contributed by atoms with van der Waals surface area (Å²) in [6.07, 6.45) is 3.56. The van der Waals surface area contributed by atoms with Crippen LogP contribution in [-0.2, 0) is 5.41 Å². The molecule has 0 aromatic carbocycles. The Kier molecular flexibility index (Phi) is 3.07. The van der Waals surface area contributed by atoms with Gasteiger partial charge in [0.25, 0.3) is 0 Å². The number of nitrogens with one attached hydrogen (secondary N) is 1. The van der Waals surface area contributed by atoms with E-state index in [9.17, 15) is 0 Å². The molecule has 88 valence electrons. The van der Waals surface area contributed by atoms with Crippen molar-refractivity contribution in [2.24, 2.45) is 0 Å². The number of hydrogen-bond donors (Lipinski definition) is 1. The summed E-state index contributed by atoms with van der Waals surface area (Å²) in [6.45, 7) is 6.44. The molecule has 0 aliphatic rings. The molecule has 2 rings (SSSR count). The van der Waals surface area contributed by atoms with Gasteiger partial charge in [-0.25, -0.2) is 4.98 Å². The third kappa shape index (κ3) is 2.77. The first-order valence-corrected chi connectivity index (χ1v) is 5.90. The lowest BCUT2D eigenvalue weighted by Gasteiger charge is -2.17. The highest BCUT2D eigenvalue weighted by Gasteiger charge is 2.14. The topological polar surface area (TPSA) is 41.6 Å². The molecule has 0 fully saturated rings. The van der Waals surface area contributed by atoms with Crippen molar-refractivity contribution in [3.8, 4) is 11.3 Å². The van der Waals surface area contributed by atoms with Crippen LogP contribution in [0, 0.1) is 4.77 Å². The molecule has 0 saturated heterocycles. The Labute approximate surface area is 106 Å². The Bertz CT molecular complexity index is 564. The average Bonchev–Trinajstić information content (AvgIpc) is 2.28. The van der Waals surface area contributed by atoms with Crippen LogP contribution in [0.25, 0.3) is 11.3 Å². The molecular weight excluding hydrogens is 230 g/mol. The monoisotopic (exact) mass is 245 g/mol. The van der Waals surface area contributed by atoms with E-state index in [1.807, 2.05) is 24.4 Å². The van der Waals surface area contributed by atoms with Gasteiger partial charge in [-0.2, -0.15) is 0 Å². The van der Waals surface area contributed by atoms with E-state index in [0.29, 0.717) is 4.77 Å². The minimum absolute atomic E-state index is 0.0731. The lowest BCUT2D eigenvalue weighted by molar-refractivity contribution is 0.569. The second kappa shape index (κ2) is 4.37. The zero-order chi connectivity index (χ0) is 12.5. The second-order valence-electron chi connectivity index (χ2n) is 4.97. The SMILES string of the molecule is CC(C)(C)c1ccc(-c2ccnc(=S)[nH]2)cn1. The summed E-state index contributed by atoms with van der Waals surface area (Å²) in [4.78, 5) is 11.5. The average molecular weight is 245 g/mol. The molecular formula is C13H15N3S. The summed E-state index contributed by atoms with van der Waals surface area (Å²) < 4.78 is 0.488. The molecule has 0 amide bonds. The van der Waals surface area contributed by atoms with Gasteiger partial charge in [0.1, 0.15) is 0 Å². The van der Waals surface area contributed by atoms with Crippen LogP contribution in [-0.4, -0.2) is 15.0 Å². The van der Waals surface area contributed by atoms with Crippen LogP contribution in [0.3, 0.4) is 0 Å². The number of H-pyrrole nitrogens is 1. The van der Waals surface area contributed by atoms with Gasteiger partial charge in [0.05, 0.1) is 5.69 Å². The molecule has 0 radical (unpaired) electrons. The van der Waals surface area contributed by atoms with E-state index in [2.05, 4.69) is 35.7 Å². The molecule has 0 aliphatic heterocycles. The van der Waals surface area contributed by atoms with Crippen LogP contribution < -0.4 is 0 Å². The van der Waals surface area contributed by atoms with Gasteiger partial charge in [-0.05, 0) is 30.4 Å². The summed E-state index contributed by atoms with van der Waals surface area (Å²) >= 11 is 5.00. The maximum Gasteiger partial charge on any atom is 0.197 e. The third-order valence-corrected chi connectivity index (χ3v) is 2.72. The highest BCUT2D eigenvalue weighted by molar-refractivity contribution is 7.71. The van der Waals surface area contributed by atoms with Gasteiger partial charge in [0.2, 0.25) is 0 Å². The maximum absolute atomic E-state index is 5.00. The number of aromatic nitrogens is 3. The Hall–Kier alpha value is -1.55. The first kappa shape index (κ1) is 11.9. The van der Waals surface area contributed by atoms with Crippen molar-refractivity contribution in [2.45, 2.75) is 26.2 Å². The molecule has 0 bridgehead atoms. The maximum atomic E-state index is 5.00. The van der Waals surface area contributed by atoms with E-state index >= 15 is 0 Å². The Morgan fingerprint density at radius 3 is 2.41 bits per heavy atom. The Morgan fingerprint density at radius 1 is 1.12 bits per heavy atom. The standard InChI is InChI=1S/C13H15N3S/c1-13(2,3)11-5-4-9(8-15-11)10-6-7-14-12(17)16-10/h4-8H,1-3H3,(H,14,16,17). The number of rotatable bonds is 1. The van der Waals surface area contributed by atoms with E-state index in [4.69, 9.17) is 12.2 Å². The van der Waals surface area contributed by atoms with Gasteiger partial charge in [0, 0.05) is 29.1 Å². The zero-order valence-electron chi connectivity index (χ0n) is 10.2. The zero-order valence-corrected chi connectivity index (χ0v) is 11.0. The van der Waals surface area contributed by atoms with Crippen molar-refractivity contribution in [3.05, 3.63) is 41.1 Å². The molecule has 0 saturated carbocycles. The predicted octanol–water partition coefficient (Wildman–Crippen LogP) is 3.50. The highest BCUT2D eigenvalue weighted by Crippen LogP contribution is 2.22.